The number of pyridine rings is 1. The minimum absolute atomic E-state index is 1.02. The van der Waals surface area contributed by atoms with Crippen molar-refractivity contribution < 1.29 is 0 Å². The SMILES string of the molecule is c1cncc(N2CCN(CC3CC3)CC2)c1. The molecule has 0 amide bonds. The summed E-state index contributed by atoms with van der Waals surface area (Å²) >= 11 is 0. The third kappa shape index (κ3) is 2.35. The van der Waals surface area contributed by atoms with Crippen LogP contribution in [-0.4, -0.2) is 42.6 Å². The highest BCUT2D eigenvalue weighted by Crippen LogP contribution is 2.30. The lowest BCUT2D eigenvalue weighted by molar-refractivity contribution is 0.248. The van der Waals surface area contributed by atoms with Gasteiger partial charge in [-0.15, -0.1) is 0 Å². The molecule has 1 aromatic heterocycles. The van der Waals surface area contributed by atoms with Crippen LogP contribution in [0.2, 0.25) is 0 Å². The molecule has 3 rings (SSSR count). The summed E-state index contributed by atoms with van der Waals surface area (Å²) in [6.45, 7) is 6.06. The number of aromatic nitrogens is 1. The van der Waals surface area contributed by atoms with Gasteiger partial charge in [0, 0.05) is 38.9 Å². The summed E-state index contributed by atoms with van der Waals surface area (Å²) in [5, 5.41) is 0. The van der Waals surface area contributed by atoms with Crippen molar-refractivity contribution in [2.45, 2.75) is 12.8 Å². The van der Waals surface area contributed by atoms with E-state index in [1.807, 2.05) is 18.5 Å². The van der Waals surface area contributed by atoms with Crippen LogP contribution < -0.4 is 4.90 Å². The van der Waals surface area contributed by atoms with E-state index in [0.29, 0.717) is 0 Å². The second-order valence-electron chi connectivity index (χ2n) is 4.94. The Morgan fingerprint density at radius 1 is 1.19 bits per heavy atom. The molecule has 86 valence electrons. The molecule has 1 saturated carbocycles. The molecular weight excluding hydrogens is 198 g/mol. The van der Waals surface area contributed by atoms with Crippen molar-refractivity contribution in [3.8, 4) is 0 Å². The van der Waals surface area contributed by atoms with Crippen LogP contribution in [0.25, 0.3) is 0 Å². The van der Waals surface area contributed by atoms with Crippen LogP contribution in [0.5, 0.6) is 0 Å². The molecule has 1 aromatic rings. The normalized spacial score (nSPS) is 22.4. The Hall–Kier alpha value is -1.09. The first kappa shape index (κ1) is 10.1. The number of nitrogens with zero attached hydrogens (tertiary/aromatic N) is 3. The lowest BCUT2D eigenvalue weighted by atomic mass is 10.2. The zero-order valence-corrected chi connectivity index (χ0v) is 9.68. The Morgan fingerprint density at radius 3 is 2.62 bits per heavy atom. The van der Waals surface area contributed by atoms with Crippen LogP contribution in [-0.2, 0) is 0 Å². The quantitative estimate of drug-likeness (QED) is 0.767. The summed E-state index contributed by atoms with van der Waals surface area (Å²) in [5.41, 5.74) is 1.27. The Bertz CT molecular complexity index is 326. The third-order valence-corrected chi connectivity index (χ3v) is 3.60. The first-order chi connectivity index (χ1) is 7.92. The van der Waals surface area contributed by atoms with Gasteiger partial charge in [-0.25, -0.2) is 0 Å². The van der Waals surface area contributed by atoms with E-state index < -0.39 is 0 Å². The van der Waals surface area contributed by atoms with Crippen molar-refractivity contribution in [2.24, 2.45) is 5.92 Å². The summed E-state index contributed by atoms with van der Waals surface area (Å²) in [6.07, 6.45) is 6.73. The Morgan fingerprint density at radius 2 is 2.00 bits per heavy atom. The highest BCUT2D eigenvalue weighted by atomic mass is 15.3. The molecule has 2 heterocycles. The molecular formula is C13H19N3. The largest absolute Gasteiger partial charge is 0.368 e. The Balaban J connectivity index is 1.53. The molecule has 3 heteroatoms. The van der Waals surface area contributed by atoms with Crippen molar-refractivity contribution in [2.75, 3.05) is 37.6 Å². The Kier molecular flexibility index (Phi) is 2.79. The van der Waals surface area contributed by atoms with Crippen LogP contribution >= 0.6 is 0 Å². The Labute approximate surface area is 97.1 Å². The van der Waals surface area contributed by atoms with Gasteiger partial charge in [0.15, 0.2) is 0 Å². The second-order valence-corrected chi connectivity index (χ2v) is 4.94. The minimum Gasteiger partial charge on any atom is -0.368 e. The average Bonchev–Trinajstić information content (AvgIpc) is 3.15. The summed E-state index contributed by atoms with van der Waals surface area (Å²) < 4.78 is 0. The standard InChI is InChI=1S/C13H19N3/c1-2-13(10-14-5-1)16-8-6-15(7-9-16)11-12-3-4-12/h1-2,5,10,12H,3-4,6-9,11H2. The molecule has 1 saturated heterocycles. The molecule has 16 heavy (non-hydrogen) atoms. The van der Waals surface area contributed by atoms with Crippen molar-refractivity contribution in [3.63, 3.8) is 0 Å². The molecule has 1 aliphatic heterocycles. The van der Waals surface area contributed by atoms with Gasteiger partial charge in [0.1, 0.15) is 0 Å². The maximum Gasteiger partial charge on any atom is 0.0553 e. The number of hydrogen-bond acceptors (Lipinski definition) is 3. The van der Waals surface area contributed by atoms with Crippen LogP contribution in [0.15, 0.2) is 24.5 Å². The van der Waals surface area contributed by atoms with Gasteiger partial charge < -0.3 is 4.90 Å². The second kappa shape index (κ2) is 4.42. The number of rotatable bonds is 3. The van der Waals surface area contributed by atoms with Gasteiger partial charge in [0.2, 0.25) is 0 Å². The van der Waals surface area contributed by atoms with E-state index in [1.165, 1.54) is 38.2 Å². The molecule has 0 radical (unpaired) electrons. The zero-order chi connectivity index (χ0) is 10.8. The van der Waals surface area contributed by atoms with E-state index >= 15 is 0 Å². The molecule has 2 fully saturated rings. The van der Waals surface area contributed by atoms with Gasteiger partial charge in [0.25, 0.3) is 0 Å². The van der Waals surface area contributed by atoms with E-state index in [9.17, 15) is 0 Å². The predicted octanol–water partition coefficient (Wildman–Crippen LogP) is 1.61. The first-order valence-electron chi connectivity index (χ1n) is 6.29. The lowest BCUT2D eigenvalue weighted by Crippen LogP contribution is -2.47. The molecule has 0 aromatic carbocycles. The molecule has 3 nitrogen and oxygen atoms in total. The monoisotopic (exact) mass is 217 g/mol. The van der Waals surface area contributed by atoms with Crippen molar-refractivity contribution in [1.29, 1.82) is 0 Å². The van der Waals surface area contributed by atoms with E-state index in [0.717, 1.165) is 19.0 Å². The lowest BCUT2D eigenvalue weighted by Gasteiger charge is -2.35. The first-order valence-corrected chi connectivity index (χ1v) is 6.29. The fourth-order valence-corrected chi connectivity index (χ4v) is 2.40. The molecule has 1 aliphatic carbocycles. The minimum atomic E-state index is 1.02. The van der Waals surface area contributed by atoms with E-state index in [4.69, 9.17) is 0 Å². The number of piperazine rings is 1. The van der Waals surface area contributed by atoms with Crippen molar-refractivity contribution >= 4 is 5.69 Å². The maximum atomic E-state index is 4.18. The molecule has 0 unspecified atom stereocenters. The number of hydrogen-bond donors (Lipinski definition) is 0. The summed E-state index contributed by atoms with van der Waals surface area (Å²) in [5.74, 6) is 1.02. The summed E-state index contributed by atoms with van der Waals surface area (Å²) in [6, 6.07) is 4.18. The molecule has 0 spiro atoms. The van der Waals surface area contributed by atoms with E-state index in [1.54, 1.807) is 0 Å². The molecule has 2 aliphatic rings. The van der Waals surface area contributed by atoms with Gasteiger partial charge in [0.05, 0.1) is 11.9 Å². The summed E-state index contributed by atoms with van der Waals surface area (Å²) in [7, 11) is 0. The number of anilines is 1. The highest BCUT2D eigenvalue weighted by molar-refractivity contribution is 5.43. The van der Waals surface area contributed by atoms with Gasteiger partial charge in [-0.1, -0.05) is 0 Å². The predicted molar refractivity (Wildman–Crippen MR) is 65.6 cm³/mol. The van der Waals surface area contributed by atoms with Crippen molar-refractivity contribution in [3.05, 3.63) is 24.5 Å². The summed E-state index contributed by atoms with van der Waals surface area (Å²) in [4.78, 5) is 9.24. The third-order valence-electron chi connectivity index (χ3n) is 3.60. The zero-order valence-electron chi connectivity index (χ0n) is 9.68. The van der Waals surface area contributed by atoms with Crippen LogP contribution in [0.3, 0.4) is 0 Å². The van der Waals surface area contributed by atoms with Crippen molar-refractivity contribution in [1.82, 2.24) is 9.88 Å². The van der Waals surface area contributed by atoms with Gasteiger partial charge >= 0.3 is 0 Å². The fraction of sp³-hybridized carbons (Fsp3) is 0.615. The van der Waals surface area contributed by atoms with Gasteiger partial charge in [-0.05, 0) is 30.9 Å². The topological polar surface area (TPSA) is 19.4 Å². The maximum absolute atomic E-state index is 4.18. The van der Waals surface area contributed by atoms with Crippen LogP contribution in [0, 0.1) is 5.92 Å². The molecule has 0 bridgehead atoms. The van der Waals surface area contributed by atoms with Gasteiger partial charge in [-0.3, -0.25) is 9.88 Å². The molecule has 0 N–H and O–H groups in total. The van der Waals surface area contributed by atoms with Crippen LogP contribution in [0.4, 0.5) is 5.69 Å². The van der Waals surface area contributed by atoms with E-state index in [-0.39, 0.29) is 0 Å². The fourth-order valence-electron chi connectivity index (χ4n) is 2.40. The highest BCUT2D eigenvalue weighted by Gasteiger charge is 2.26. The average molecular weight is 217 g/mol. The molecule has 0 atom stereocenters. The smallest absolute Gasteiger partial charge is 0.0553 e. The van der Waals surface area contributed by atoms with Crippen LogP contribution in [0.1, 0.15) is 12.8 Å². The van der Waals surface area contributed by atoms with E-state index in [2.05, 4.69) is 20.9 Å². The van der Waals surface area contributed by atoms with Gasteiger partial charge in [-0.2, -0.15) is 0 Å².